The Labute approximate surface area is 163 Å². The second kappa shape index (κ2) is 8.93. The summed E-state index contributed by atoms with van der Waals surface area (Å²) < 4.78 is 8.04. The Balaban J connectivity index is 1.89. The van der Waals surface area contributed by atoms with Gasteiger partial charge in [-0.05, 0) is 50.3 Å². The van der Waals surface area contributed by atoms with Crippen LogP contribution in [0.25, 0.3) is 11.0 Å². The summed E-state index contributed by atoms with van der Waals surface area (Å²) in [6.45, 7) is 9.11. The van der Waals surface area contributed by atoms with Gasteiger partial charge in [0.15, 0.2) is 5.16 Å². The van der Waals surface area contributed by atoms with E-state index in [0.29, 0.717) is 6.61 Å². The molecule has 0 aliphatic carbocycles. The second-order valence-corrected chi connectivity index (χ2v) is 8.16. The highest BCUT2D eigenvalue weighted by atomic mass is 32.2. The summed E-state index contributed by atoms with van der Waals surface area (Å²) in [4.78, 5) is 10.7. The van der Waals surface area contributed by atoms with Gasteiger partial charge in [-0.25, -0.2) is 4.98 Å². The van der Waals surface area contributed by atoms with Gasteiger partial charge in [-0.3, -0.25) is 9.55 Å². The first-order valence-electron chi connectivity index (χ1n) is 8.94. The molecule has 2 heterocycles. The summed E-state index contributed by atoms with van der Waals surface area (Å²) in [5.41, 5.74) is 4.50. The smallest absolute Gasteiger partial charge is 0.171 e. The fourth-order valence-corrected chi connectivity index (χ4v) is 4.85. The largest absolute Gasteiger partial charge is 0.359 e. The van der Waals surface area contributed by atoms with E-state index in [1.54, 1.807) is 11.8 Å². The summed E-state index contributed by atoms with van der Waals surface area (Å²) >= 11 is 3.59. The number of aromatic nitrogens is 3. The molecule has 2 aromatic heterocycles. The van der Waals surface area contributed by atoms with Crippen molar-refractivity contribution in [1.29, 1.82) is 0 Å². The first-order chi connectivity index (χ1) is 12.7. The molecule has 0 spiro atoms. The summed E-state index contributed by atoms with van der Waals surface area (Å²) in [5, 5.41) is 0.974. The number of benzene rings is 1. The van der Waals surface area contributed by atoms with E-state index in [1.165, 1.54) is 10.5 Å². The van der Waals surface area contributed by atoms with E-state index in [1.807, 2.05) is 37.0 Å². The van der Waals surface area contributed by atoms with Gasteiger partial charge in [0.05, 0.1) is 16.7 Å². The van der Waals surface area contributed by atoms with Gasteiger partial charge >= 0.3 is 0 Å². The van der Waals surface area contributed by atoms with Crippen LogP contribution in [0.5, 0.6) is 0 Å². The van der Waals surface area contributed by atoms with Crippen LogP contribution in [0.15, 0.2) is 46.6 Å². The molecule has 0 amide bonds. The average molecular weight is 388 g/mol. The summed E-state index contributed by atoms with van der Waals surface area (Å²) in [6, 6.07) is 10.3. The van der Waals surface area contributed by atoms with E-state index in [9.17, 15) is 0 Å². The zero-order valence-electron chi connectivity index (χ0n) is 15.7. The molecule has 0 saturated carbocycles. The maximum absolute atomic E-state index is 5.85. The van der Waals surface area contributed by atoms with Crippen LogP contribution in [0, 0.1) is 6.92 Å². The molecule has 4 nitrogen and oxygen atoms in total. The third-order valence-electron chi connectivity index (χ3n) is 4.23. The Morgan fingerprint density at radius 2 is 1.96 bits per heavy atom. The number of nitrogens with zero attached hydrogens (tertiary/aromatic N) is 3. The van der Waals surface area contributed by atoms with Crippen LogP contribution in [0.1, 0.15) is 38.3 Å². The van der Waals surface area contributed by atoms with Gasteiger partial charge in [0.25, 0.3) is 0 Å². The molecule has 1 unspecified atom stereocenters. The van der Waals surface area contributed by atoms with Gasteiger partial charge in [0.2, 0.25) is 0 Å². The third-order valence-corrected chi connectivity index (χ3v) is 6.24. The van der Waals surface area contributed by atoms with Crippen molar-refractivity contribution in [2.75, 3.05) is 12.4 Å². The second-order valence-electron chi connectivity index (χ2n) is 5.91. The number of pyridine rings is 1. The molecule has 0 N–H and O–H groups in total. The average Bonchev–Trinajstić information content (AvgIpc) is 3.01. The van der Waals surface area contributed by atoms with E-state index in [2.05, 4.69) is 48.5 Å². The molecule has 3 rings (SSSR count). The molecule has 138 valence electrons. The van der Waals surface area contributed by atoms with E-state index < -0.39 is 0 Å². The topological polar surface area (TPSA) is 39.9 Å². The van der Waals surface area contributed by atoms with Crippen molar-refractivity contribution in [3.05, 3.63) is 47.8 Å². The van der Waals surface area contributed by atoms with Crippen molar-refractivity contribution in [3.63, 3.8) is 0 Å². The fourth-order valence-electron chi connectivity index (χ4n) is 2.94. The highest BCUT2D eigenvalue weighted by molar-refractivity contribution is 7.99. The lowest BCUT2D eigenvalue weighted by atomic mass is 10.2. The van der Waals surface area contributed by atoms with Crippen molar-refractivity contribution < 1.29 is 4.74 Å². The Morgan fingerprint density at radius 3 is 2.73 bits per heavy atom. The molecule has 0 fully saturated rings. The van der Waals surface area contributed by atoms with Crippen molar-refractivity contribution in [2.45, 2.75) is 49.7 Å². The van der Waals surface area contributed by atoms with Gasteiger partial charge in [0, 0.05) is 23.5 Å². The molecule has 0 radical (unpaired) electrons. The van der Waals surface area contributed by atoms with E-state index in [0.717, 1.165) is 33.4 Å². The standard InChI is InChI=1S/C20H25N3OS2/c1-5-24-15(4)23-18-10-8-7-9-16(18)22-20(23)26-13-17-14(3)19(25-6-2)11-12-21-17/h7-12,15H,5-6,13H2,1-4H3. The summed E-state index contributed by atoms with van der Waals surface area (Å²) in [6.07, 6.45) is 1.86. The number of para-hydroxylation sites is 2. The number of hydrogen-bond acceptors (Lipinski definition) is 5. The van der Waals surface area contributed by atoms with Crippen LogP contribution in [0.3, 0.4) is 0 Å². The molecule has 1 aromatic carbocycles. The number of thioether (sulfide) groups is 2. The number of rotatable bonds is 8. The predicted octanol–water partition coefficient (Wildman–Crippen LogP) is 5.70. The lowest BCUT2D eigenvalue weighted by molar-refractivity contribution is 0.0219. The molecule has 0 aliphatic rings. The van der Waals surface area contributed by atoms with Gasteiger partial charge in [-0.15, -0.1) is 11.8 Å². The Bertz CT molecular complexity index is 879. The Morgan fingerprint density at radius 1 is 1.15 bits per heavy atom. The zero-order chi connectivity index (χ0) is 18.5. The molecule has 6 heteroatoms. The molecular formula is C20H25N3OS2. The Kier molecular flexibility index (Phi) is 6.62. The van der Waals surface area contributed by atoms with Crippen molar-refractivity contribution in [3.8, 4) is 0 Å². The van der Waals surface area contributed by atoms with Gasteiger partial charge in [-0.2, -0.15) is 0 Å². The molecule has 26 heavy (non-hydrogen) atoms. The molecule has 3 aromatic rings. The van der Waals surface area contributed by atoms with Gasteiger partial charge < -0.3 is 4.74 Å². The lowest BCUT2D eigenvalue weighted by Crippen LogP contribution is -2.10. The van der Waals surface area contributed by atoms with Crippen molar-refractivity contribution >= 4 is 34.6 Å². The minimum absolute atomic E-state index is 0.0501. The molecule has 0 aliphatic heterocycles. The van der Waals surface area contributed by atoms with Crippen LogP contribution in [0.2, 0.25) is 0 Å². The van der Waals surface area contributed by atoms with E-state index in [4.69, 9.17) is 9.72 Å². The summed E-state index contributed by atoms with van der Waals surface area (Å²) in [5.74, 6) is 1.87. The fraction of sp³-hybridized carbons (Fsp3) is 0.400. The number of hydrogen-bond donors (Lipinski definition) is 0. The monoisotopic (exact) mass is 387 g/mol. The molecule has 0 saturated heterocycles. The van der Waals surface area contributed by atoms with Crippen LogP contribution >= 0.6 is 23.5 Å². The minimum atomic E-state index is -0.0501. The van der Waals surface area contributed by atoms with Crippen LogP contribution in [0.4, 0.5) is 0 Å². The normalized spacial score (nSPS) is 12.6. The Hall–Kier alpha value is -1.50. The van der Waals surface area contributed by atoms with Crippen LogP contribution in [-0.2, 0) is 10.5 Å². The van der Waals surface area contributed by atoms with Crippen LogP contribution in [-0.4, -0.2) is 26.9 Å². The van der Waals surface area contributed by atoms with Crippen molar-refractivity contribution in [2.24, 2.45) is 0 Å². The number of imidazole rings is 1. The molecule has 1 atom stereocenters. The van der Waals surface area contributed by atoms with Crippen molar-refractivity contribution in [1.82, 2.24) is 14.5 Å². The third kappa shape index (κ3) is 4.08. The maximum Gasteiger partial charge on any atom is 0.171 e. The van der Waals surface area contributed by atoms with Gasteiger partial charge in [-0.1, -0.05) is 30.8 Å². The molecular weight excluding hydrogens is 362 g/mol. The lowest BCUT2D eigenvalue weighted by Gasteiger charge is -2.17. The highest BCUT2D eigenvalue weighted by Crippen LogP contribution is 2.32. The predicted molar refractivity (Wildman–Crippen MR) is 111 cm³/mol. The van der Waals surface area contributed by atoms with E-state index in [-0.39, 0.29) is 6.23 Å². The highest BCUT2D eigenvalue weighted by Gasteiger charge is 2.17. The maximum atomic E-state index is 5.85. The minimum Gasteiger partial charge on any atom is -0.359 e. The zero-order valence-corrected chi connectivity index (χ0v) is 17.4. The number of fused-ring (bicyclic) bond motifs is 1. The summed E-state index contributed by atoms with van der Waals surface area (Å²) in [7, 11) is 0. The quantitative estimate of drug-likeness (QED) is 0.464. The first-order valence-corrected chi connectivity index (χ1v) is 10.9. The van der Waals surface area contributed by atoms with Gasteiger partial charge in [0.1, 0.15) is 6.23 Å². The molecule has 0 bridgehead atoms. The SMILES string of the molecule is CCOC(C)n1c(SCc2nccc(SCC)c2C)nc2ccccc21. The van der Waals surface area contributed by atoms with E-state index >= 15 is 0 Å². The number of ether oxygens (including phenoxy) is 1. The van der Waals surface area contributed by atoms with Crippen LogP contribution < -0.4 is 0 Å². The first kappa shape index (κ1) is 19.3.